The molecule has 6 heteroatoms. The normalized spacial score (nSPS) is 27.8. The molecule has 0 unspecified atom stereocenters. The molecule has 2 aliphatic rings. The van der Waals surface area contributed by atoms with Gasteiger partial charge in [-0.3, -0.25) is 4.79 Å². The lowest BCUT2D eigenvalue weighted by Gasteiger charge is -2.18. The highest BCUT2D eigenvalue weighted by molar-refractivity contribution is 6.32. The summed E-state index contributed by atoms with van der Waals surface area (Å²) in [5, 5.41) is 0.171. The Bertz CT molecular complexity index is 525. The molecule has 1 aliphatic carbocycles. The summed E-state index contributed by atoms with van der Waals surface area (Å²) >= 11 is 6.05. The Balaban J connectivity index is 1.89. The van der Waals surface area contributed by atoms with Crippen LogP contribution in [-0.2, 0) is 0 Å². The zero-order valence-corrected chi connectivity index (χ0v) is 11.1. The van der Waals surface area contributed by atoms with Gasteiger partial charge < -0.3 is 15.6 Å². The van der Waals surface area contributed by atoms with Crippen molar-refractivity contribution in [1.29, 1.82) is 0 Å². The van der Waals surface area contributed by atoms with E-state index in [0.717, 1.165) is 19.0 Å². The fourth-order valence-corrected chi connectivity index (χ4v) is 3.03. The average molecular weight is 269 g/mol. The molecule has 0 aromatic carbocycles. The smallest absolute Gasteiger partial charge is 0.271 e. The number of aromatic nitrogens is 2. The summed E-state index contributed by atoms with van der Waals surface area (Å²) < 4.78 is 0. The van der Waals surface area contributed by atoms with Gasteiger partial charge in [0.1, 0.15) is 10.8 Å². The summed E-state index contributed by atoms with van der Waals surface area (Å²) in [5.41, 5.74) is 5.90. The predicted octanol–water partition coefficient (Wildman–Crippen LogP) is 0.905. The van der Waals surface area contributed by atoms with Gasteiger partial charge in [0, 0.05) is 19.1 Å². The molecule has 0 bridgehead atoms. The first-order valence-corrected chi connectivity index (χ1v) is 6.71. The molecule has 1 aromatic rings. The minimum Gasteiger partial charge on any atom is -0.353 e. The number of anilines is 1. The molecular weight excluding hydrogens is 252 g/mol. The summed E-state index contributed by atoms with van der Waals surface area (Å²) in [6.07, 6.45) is 2.56. The summed E-state index contributed by atoms with van der Waals surface area (Å²) in [4.78, 5) is 20.6. The summed E-state index contributed by atoms with van der Waals surface area (Å²) in [7, 11) is 0. The highest BCUT2D eigenvalue weighted by Gasteiger charge is 2.41. The Morgan fingerprint density at radius 1 is 1.44 bits per heavy atom. The third-order valence-electron chi connectivity index (χ3n) is 3.90. The lowest BCUT2D eigenvalue weighted by atomic mass is 9.99. The number of rotatable bonds is 2. The molecule has 1 saturated heterocycles. The predicted molar refractivity (Wildman–Crippen MR) is 71.0 cm³/mol. The van der Waals surface area contributed by atoms with Crippen LogP contribution in [0.1, 0.15) is 18.7 Å². The fraction of sp³-hybridized carbons (Fsp3) is 0.667. The van der Waals surface area contributed by atoms with Crippen molar-refractivity contribution in [3.8, 4) is 0 Å². The third kappa shape index (κ3) is 2.01. The van der Waals surface area contributed by atoms with Crippen LogP contribution in [-0.4, -0.2) is 29.1 Å². The van der Waals surface area contributed by atoms with Crippen molar-refractivity contribution in [3.05, 3.63) is 21.2 Å². The minimum absolute atomic E-state index is 0.162. The molecule has 0 radical (unpaired) electrons. The SMILES string of the molecule is Cc1nc(N2C[C@H](C3CC3)[C@@H](N)C2)c(Cl)c(=O)[nH]1. The van der Waals surface area contributed by atoms with Crippen LogP contribution in [0.5, 0.6) is 0 Å². The van der Waals surface area contributed by atoms with Gasteiger partial charge in [-0.05, 0) is 31.6 Å². The van der Waals surface area contributed by atoms with Crippen LogP contribution in [0, 0.1) is 18.8 Å². The first kappa shape index (κ1) is 12.0. The molecule has 3 rings (SSSR count). The first-order valence-electron chi connectivity index (χ1n) is 6.33. The fourth-order valence-electron chi connectivity index (χ4n) is 2.82. The molecule has 0 amide bonds. The van der Waals surface area contributed by atoms with Crippen molar-refractivity contribution < 1.29 is 0 Å². The molecule has 1 aliphatic heterocycles. The van der Waals surface area contributed by atoms with Crippen molar-refractivity contribution in [1.82, 2.24) is 9.97 Å². The Morgan fingerprint density at radius 2 is 2.17 bits per heavy atom. The van der Waals surface area contributed by atoms with E-state index in [9.17, 15) is 4.79 Å². The molecule has 5 nitrogen and oxygen atoms in total. The number of nitrogens with one attached hydrogen (secondary N) is 1. The van der Waals surface area contributed by atoms with Crippen LogP contribution < -0.4 is 16.2 Å². The van der Waals surface area contributed by atoms with Gasteiger partial charge in [0.05, 0.1) is 0 Å². The van der Waals surface area contributed by atoms with Crippen LogP contribution in [0.15, 0.2) is 4.79 Å². The van der Waals surface area contributed by atoms with Gasteiger partial charge in [-0.1, -0.05) is 11.6 Å². The molecule has 98 valence electrons. The Kier molecular flexibility index (Phi) is 2.83. The molecular formula is C12H17ClN4O. The Morgan fingerprint density at radius 3 is 2.83 bits per heavy atom. The number of nitrogens with zero attached hydrogens (tertiary/aromatic N) is 2. The lowest BCUT2D eigenvalue weighted by molar-refractivity contribution is 0.456. The second kappa shape index (κ2) is 4.24. The van der Waals surface area contributed by atoms with Crippen LogP contribution >= 0.6 is 11.6 Å². The van der Waals surface area contributed by atoms with Gasteiger partial charge in [0.2, 0.25) is 0 Å². The van der Waals surface area contributed by atoms with E-state index in [-0.39, 0.29) is 16.6 Å². The van der Waals surface area contributed by atoms with Crippen molar-refractivity contribution in [3.63, 3.8) is 0 Å². The van der Waals surface area contributed by atoms with Crippen molar-refractivity contribution in [2.75, 3.05) is 18.0 Å². The second-order valence-electron chi connectivity index (χ2n) is 5.36. The molecule has 2 fully saturated rings. The third-order valence-corrected chi connectivity index (χ3v) is 4.24. The largest absolute Gasteiger partial charge is 0.353 e. The van der Waals surface area contributed by atoms with Crippen molar-refractivity contribution in [2.45, 2.75) is 25.8 Å². The van der Waals surface area contributed by atoms with Crippen LogP contribution in [0.3, 0.4) is 0 Å². The van der Waals surface area contributed by atoms with E-state index in [4.69, 9.17) is 17.3 Å². The number of H-pyrrole nitrogens is 1. The van der Waals surface area contributed by atoms with E-state index < -0.39 is 0 Å². The van der Waals surface area contributed by atoms with Crippen LogP contribution in [0.4, 0.5) is 5.82 Å². The first-order chi connectivity index (χ1) is 8.56. The van der Waals surface area contributed by atoms with E-state index in [0.29, 0.717) is 17.6 Å². The van der Waals surface area contributed by atoms with Crippen molar-refractivity contribution >= 4 is 17.4 Å². The maximum absolute atomic E-state index is 11.6. The number of aryl methyl sites for hydroxylation is 1. The molecule has 2 atom stereocenters. The molecule has 1 aromatic heterocycles. The topological polar surface area (TPSA) is 75.0 Å². The number of nitrogens with two attached hydrogens (primary N) is 1. The molecule has 0 spiro atoms. The van der Waals surface area contributed by atoms with Gasteiger partial charge in [-0.25, -0.2) is 4.98 Å². The maximum atomic E-state index is 11.6. The van der Waals surface area contributed by atoms with Crippen LogP contribution in [0.25, 0.3) is 0 Å². The number of aromatic amines is 1. The van der Waals surface area contributed by atoms with Gasteiger partial charge in [0.15, 0.2) is 5.82 Å². The summed E-state index contributed by atoms with van der Waals surface area (Å²) in [6.45, 7) is 3.35. The zero-order chi connectivity index (χ0) is 12.9. The number of hydrogen-bond acceptors (Lipinski definition) is 4. The highest BCUT2D eigenvalue weighted by atomic mass is 35.5. The molecule has 18 heavy (non-hydrogen) atoms. The monoisotopic (exact) mass is 268 g/mol. The molecule has 2 heterocycles. The lowest BCUT2D eigenvalue weighted by Crippen LogP contribution is -2.31. The van der Waals surface area contributed by atoms with Gasteiger partial charge in [0.25, 0.3) is 5.56 Å². The molecule has 1 saturated carbocycles. The van der Waals surface area contributed by atoms with Gasteiger partial charge in [-0.15, -0.1) is 0 Å². The zero-order valence-electron chi connectivity index (χ0n) is 10.3. The average Bonchev–Trinajstić information content (AvgIpc) is 3.08. The Labute approximate surface area is 110 Å². The van der Waals surface area contributed by atoms with Crippen LogP contribution in [0.2, 0.25) is 5.02 Å². The molecule has 3 N–H and O–H groups in total. The quantitative estimate of drug-likeness (QED) is 0.836. The Hall–Kier alpha value is -1.07. The van der Waals surface area contributed by atoms with Crippen molar-refractivity contribution in [2.24, 2.45) is 17.6 Å². The standard InChI is InChI=1S/C12H17ClN4O/c1-6-15-11(10(13)12(18)16-6)17-4-8(7-2-3-7)9(14)5-17/h7-9H,2-5,14H2,1H3,(H,15,16,18)/t8-,9+/m1/s1. The summed E-state index contributed by atoms with van der Waals surface area (Å²) in [5.74, 6) is 2.44. The summed E-state index contributed by atoms with van der Waals surface area (Å²) in [6, 6.07) is 0.162. The van der Waals surface area contributed by atoms with E-state index >= 15 is 0 Å². The highest BCUT2D eigenvalue weighted by Crippen LogP contribution is 2.41. The minimum atomic E-state index is -0.275. The van der Waals surface area contributed by atoms with Gasteiger partial charge in [-0.2, -0.15) is 0 Å². The number of halogens is 1. The van der Waals surface area contributed by atoms with E-state index in [1.165, 1.54) is 12.8 Å². The number of hydrogen-bond donors (Lipinski definition) is 2. The maximum Gasteiger partial charge on any atom is 0.271 e. The van der Waals surface area contributed by atoms with E-state index in [1.54, 1.807) is 6.92 Å². The van der Waals surface area contributed by atoms with Gasteiger partial charge >= 0.3 is 0 Å². The van der Waals surface area contributed by atoms with E-state index in [2.05, 4.69) is 14.9 Å². The second-order valence-corrected chi connectivity index (χ2v) is 5.74. The van der Waals surface area contributed by atoms with E-state index in [1.807, 2.05) is 0 Å².